The molecule has 1 rings (SSSR count). The smallest absolute Gasteiger partial charge is 0.303 e. The molecule has 114 valence electrons. The summed E-state index contributed by atoms with van der Waals surface area (Å²) in [6.45, 7) is 0.791. The van der Waals surface area contributed by atoms with E-state index in [2.05, 4.69) is 5.32 Å². The number of hydrogen-bond acceptors (Lipinski definition) is 3. The second-order valence-corrected chi connectivity index (χ2v) is 5.33. The Morgan fingerprint density at radius 3 is 2.45 bits per heavy atom. The van der Waals surface area contributed by atoms with Crippen LogP contribution in [0.25, 0.3) is 0 Å². The molecule has 0 unspecified atom stereocenters. The maximum absolute atomic E-state index is 11.7. The van der Waals surface area contributed by atoms with E-state index in [-0.39, 0.29) is 30.6 Å². The van der Waals surface area contributed by atoms with E-state index in [1.54, 1.807) is 7.05 Å². The van der Waals surface area contributed by atoms with Crippen LogP contribution >= 0.6 is 0 Å². The van der Waals surface area contributed by atoms with Crippen molar-refractivity contribution in [3.05, 3.63) is 0 Å². The number of carbonyl (C=O) groups is 3. The average Bonchev–Trinajstić information content (AvgIpc) is 2.91. The molecule has 0 aromatic rings. The van der Waals surface area contributed by atoms with Gasteiger partial charge in [0.1, 0.15) is 0 Å². The molecule has 0 spiro atoms. The Labute approximate surface area is 119 Å². The van der Waals surface area contributed by atoms with Gasteiger partial charge in [0.15, 0.2) is 0 Å². The van der Waals surface area contributed by atoms with E-state index in [0.717, 1.165) is 25.7 Å². The zero-order valence-electron chi connectivity index (χ0n) is 12.1. The van der Waals surface area contributed by atoms with Gasteiger partial charge in [0.2, 0.25) is 11.8 Å². The van der Waals surface area contributed by atoms with Gasteiger partial charge >= 0.3 is 5.97 Å². The van der Waals surface area contributed by atoms with E-state index in [1.165, 1.54) is 4.90 Å². The SMILES string of the molecule is CN(CCCC(=O)O)C(=O)CCNC(=O)C1CCCC1. The first-order chi connectivity index (χ1) is 9.50. The molecule has 0 saturated heterocycles. The van der Waals surface area contributed by atoms with Crippen molar-refractivity contribution < 1.29 is 19.5 Å². The van der Waals surface area contributed by atoms with E-state index in [1.807, 2.05) is 0 Å². The number of rotatable bonds is 8. The van der Waals surface area contributed by atoms with E-state index in [4.69, 9.17) is 5.11 Å². The summed E-state index contributed by atoms with van der Waals surface area (Å²) >= 11 is 0. The lowest BCUT2D eigenvalue weighted by Crippen LogP contribution is -2.34. The highest BCUT2D eigenvalue weighted by molar-refractivity contribution is 5.80. The van der Waals surface area contributed by atoms with Crippen LogP contribution in [0.2, 0.25) is 0 Å². The van der Waals surface area contributed by atoms with Gasteiger partial charge in [0.05, 0.1) is 0 Å². The van der Waals surface area contributed by atoms with Crippen LogP contribution in [0.15, 0.2) is 0 Å². The Balaban J connectivity index is 2.12. The largest absolute Gasteiger partial charge is 0.481 e. The number of amides is 2. The van der Waals surface area contributed by atoms with Gasteiger partial charge in [-0.2, -0.15) is 0 Å². The maximum Gasteiger partial charge on any atom is 0.303 e. The maximum atomic E-state index is 11.7. The third-order valence-electron chi connectivity index (χ3n) is 3.67. The molecule has 0 heterocycles. The zero-order valence-corrected chi connectivity index (χ0v) is 12.1. The number of carboxylic acid groups (broad SMARTS) is 1. The van der Waals surface area contributed by atoms with Crippen LogP contribution in [0.1, 0.15) is 44.9 Å². The van der Waals surface area contributed by atoms with Gasteiger partial charge in [0, 0.05) is 38.9 Å². The van der Waals surface area contributed by atoms with Crippen LogP contribution in [-0.4, -0.2) is 47.9 Å². The second-order valence-electron chi connectivity index (χ2n) is 5.33. The Morgan fingerprint density at radius 2 is 1.85 bits per heavy atom. The minimum absolute atomic E-state index is 0.0591. The predicted octanol–water partition coefficient (Wildman–Crippen LogP) is 1.01. The lowest BCUT2D eigenvalue weighted by atomic mass is 10.1. The first-order valence-electron chi connectivity index (χ1n) is 7.24. The van der Waals surface area contributed by atoms with Gasteiger partial charge in [0.25, 0.3) is 0 Å². The monoisotopic (exact) mass is 284 g/mol. The quantitative estimate of drug-likeness (QED) is 0.696. The molecule has 0 aromatic carbocycles. The molecule has 0 radical (unpaired) electrons. The second kappa shape index (κ2) is 8.55. The Morgan fingerprint density at radius 1 is 1.20 bits per heavy atom. The van der Waals surface area contributed by atoms with Crippen molar-refractivity contribution >= 4 is 17.8 Å². The number of carboxylic acids is 1. The van der Waals surface area contributed by atoms with Crippen LogP contribution in [0.3, 0.4) is 0 Å². The minimum Gasteiger partial charge on any atom is -0.481 e. The molecule has 6 nitrogen and oxygen atoms in total. The molecule has 1 aliphatic carbocycles. The summed E-state index contributed by atoms with van der Waals surface area (Å²) in [6.07, 6.45) is 4.92. The number of hydrogen-bond donors (Lipinski definition) is 2. The van der Waals surface area contributed by atoms with E-state index < -0.39 is 5.97 Å². The third kappa shape index (κ3) is 6.04. The van der Waals surface area contributed by atoms with Crippen molar-refractivity contribution in [2.75, 3.05) is 20.1 Å². The number of nitrogens with one attached hydrogen (secondary N) is 1. The standard InChI is InChI=1S/C14H24N2O4/c1-16(10-4-7-13(18)19)12(17)8-9-15-14(20)11-5-2-3-6-11/h11H,2-10H2,1H3,(H,15,20)(H,18,19). The molecule has 2 N–H and O–H groups in total. The lowest BCUT2D eigenvalue weighted by Gasteiger charge is -2.17. The van der Waals surface area contributed by atoms with Crippen LogP contribution in [0, 0.1) is 5.92 Å². The topological polar surface area (TPSA) is 86.7 Å². The Hall–Kier alpha value is -1.59. The lowest BCUT2D eigenvalue weighted by molar-refractivity contribution is -0.138. The van der Waals surface area contributed by atoms with Gasteiger partial charge in [-0.25, -0.2) is 0 Å². The van der Waals surface area contributed by atoms with Crippen LogP contribution in [-0.2, 0) is 14.4 Å². The van der Waals surface area contributed by atoms with Gasteiger partial charge in [-0.1, -0.05) is 12.8 Å². The molecule has 1 fully saturated rings. The molecule has 1 aliphatic rings. The van der Waals surface area contributed by atoms with Gasteiger partial charge in [-0.15, -0.1) is 0 Å². The fourth-order valence-corrected chi connectivity index (χ4v) is 2.41. The van der Waals surface area contributed by atoms with Crippen molar-refractivity contribution in [2.45, 2.75) is 44.9 Å². The normalized spacial score (nSPS) is 15.1. The van der Waals surface area contributed by atoms with E-state index >= 15 is 0 Å². The van der Waals surface area contributed by atoms with Crippen LogP contribution in [0.5, 0.6) is 0 Å². The molecular weight excluding hydrogens is 260 g/mol. The summed E-state index contributed by atoms with van der Waals surface area (Å²) in [7, 11) is 1.66. The molecule has 0 atom stereocenters. The molecule has 0 aliphatic heterocycles. The highest BCUT2D eigenvalue weighted by Gasteiger charge is 2.22. The van der Waals surface area contributed by atoms with Crippen LogP contribution in [0.4, 0.5) is 0 Å². The molecule has 0 bridgehead atoms. The number of nitrogens with zero attached hydrogens (tertiary/aromatic N) is 1. The molecule has 2 amide bonds. The Bertz CT molecular complexity index is 351. The average molecular weight is 284 g/mol. The minimum atomic E-state index is -0.852. The third-order valence-corrected chi connectivity index (χ3v) is 3.67. The summed E-state index contributed by atoms with van der Waals surface area (Å²) in [4.78, 5) is 35.4. The van der Waals surface area contributed by atoms with Gasteiger partial charge in [-0.3, -0.25) is 14.4 Å². The fourth-order valence-electron chi connectivity index (χ4n) is 2.41. The number of carbonyl (C=O) groups excluding carboxylic acids is 2. The molecule has 20 heavy (non-hydrogen) atoms. The van der Waals surface area contributed by atoms with Crippen molar-refractivity contribution in [3.63, 3.8) is 0 Å². The summed E-state index contributed by atoms with van der Waals surface area (Å²) in [5.74, 6) is -0.737. The first kappa shape index (κ1) is 16.5. The molecule has 0 aromatic heterocycles. The van der Waals surface area contributed by atoms with E-state index in [9.17, 15) is 14.4 Å². The summed E-state index contributed by atoms with van der Waals surface area (Å²) in [6, 6.07) is 0. The first-order valence-corrected chi connectivity index (χ1v) is 7.24. The molecular formula is C14H24N2O4. The number of aliphatic carboxylic acids is 1. The summed E-state index contributed by atoms with van der Waals surface area (Å²) in [5, 5.41) is 11.3. The van der Waals surface area contributed by atoms with Gasteiger partial charge in [-0.05, 0) is 19.3 Å². The van der Waals surface area contributed by atoms with Crippen LogP contribution < -0.4 is 5.32 Å². The Kier molecular flexibility index (Phi) is 7.04. The van der Waals surface area contributed by atoms with Crippen molar-refractivity contribution in [1.29, 1.82) is 0 Å². The molecule has 1 saturated carbocycles. The fraction of sp³-hybridized carbons (Fsp3) is 0.786. The zero-order chi connectivity index (χ0) is 15.0. The summed E-state index contributed by atoms with van der Waals surface area (Å²) in [5.41, 5.74) is 0. The predicted molar refractivity (Wildman–Crippen MR) is 74.1 cm³/mol. The summed E-state index contributed by atoms with van der Waals surface area (Å²) < 4.78 is 0. The van der Waals surface area contributed by atoms with Crippen molar-refractivity contribution in [3.8, 4) is 0 Å². The van der Waals surface area contributed by atoms with E-state index in [0.29, 0.717) is 19.5 Å². The van der Waals surface area contributed by atoms with Gasteiger partial charge < -0.3 is 15.3 Å². The van der Waals surface area contributed by atoms with Crippen molar-refractivity contribution in [1.82, 2.24) is 10.2 Å². The highest BCUT2D eigenvalue weighted by atomic mass is 16.4. The highest BCUT2D eigenvalue weighted by Crippen LogP contribution is 2.24. The molecule has 6 heteroatoms. The van der Waals surface area contributed by atoms with Crippen molar-refractivity contribution in [2.24, 2.45) is 5.92 Å².